The molecule has 0 aromatic heterocycles. The van der Waals surface area contributed by atoms with Crippen LogP contribution in [-0.4, -0.2) is 19.1 Å². The summed E-state index contributed by atoms with van der Waals surface area (Å²) in [7, 11) is 1.77. The van der Waals surface area contributed by atoms with E-state index in [9.17, 15) is 0 Å². The van der Waals surface area contributed by atoms with Gasteiger partial charge in [0.25, 0.3) is 0 Å². The van der Waals surface area contributed by atoms with Crippen LogP contribution in [0.15, 0.2) is 9.98 Å². The maximum atomic E-state index is 4.10. The predicted octanol–water partition coefficient (Wildman–Crippen LogP) is 2.93. The van der Waals surface area contributed by atoms with Gasteiger partial charge in [0.05, 0.1) is 0 Å². The predicted molar refractivity (Wildman–Crippen MR) is 53.8 cm³/mol. The van der Waals surface area contributed by atoms with Gasteiger partial charge in [-0.15, -0.1) is 0 Å². The first-order valence-corrected chi connectivity index (χ1v) is 4.33. The molecule has 0 saturated carbocycles. The van der Waals surface area contributed by atoms with Crippen LogP contribution in [0.1, 0.15) is 40.5 Å². The zero-order valence-corrected chi connectivity index (χ0v) is 8.39. The maximum absolute atomic E-state index is 4.10. The van der Waals surface area contributed by atoms with Gasteiger partial charge in [0.2, 0.25) is 0 Å². The zero-order chi connectivity index (χ0) is 9.11. The first kappa shape index (κ1) is 13.0. The monoisotopic (exact) mass is 156 g/mol. The molecule has 0 fully saturated rings. The molecule has 0 heterocycles. The van der Waals surface area contributed by atoms with E-state index in [2.05, 4.69) is 23.8 Å². The fourth-order valence-corrected chi connectivity index (χ4v) is 0.504. The molecule has 66 valence electrons. The normalized spacial score (nSPS) is 11.2. The van der Waals surface area contributed by atoms with Gasteiger partial charge < -0.3 is 0 Å². The number of rotatable bonds is 2. The molecule has 0 amide bonds. The minimum Gasteiger partial charge on any atom is -0.274 e. The van der Waals surface area contributed by atoms with Crippen molar-refractivity contribution in [1.82, 2.24) is 0 Å². The molecule has 0 unspecified atom stereocenters. The highest BCUT2D eigenvalue weighted by atomic mass is 14.9. The van der Waals surface area contributed by atoms with E-state index in [1.54, 1.807) is 7.05 Å². The molecule has 0 aliphatic heterocycles. The van der Waals surface area contributed by atoms with E-state index in [0.717, 1.165) is 18.7 Å². The first-order valence-electron chi connectivity index (χ1n) is 4.33. The van der Waals surface area contributed by atoms with Crippen LogP contribution in [-0.2, 0) is 0 Å². The molecule has 11 heavy (non-hydrogen) atoms. The lowest BCUT2D eigenvalue weighted by Crippen LogP contribution is -1.90. The summed E-state index contributed by atoms with van der Waals surface area (Å²) >= 11 is 0. The highest BCUT2D eigenvalue weighted by molar-refractivity contribution is 5.89. The lowest BCUT2D eigenvalue weighted by Gasteiger charge is -1.89. The quantitative estimate of drug-likeness (QED) is 0.434. The van der Waals surface area contributed by atoms with Gasteiger partial charge in [-0.2, -0.15) is 0 Å². The summed E-state index contributed by atoms with van der Waals surface area (Å²) in [5.74, 6) is 0.928. The van der Waals surface area contributed by atoms with Crippen molar-refractivity contribution in [2.45, 2.75) is 40.5 Å². The zero-order valence-electron chi connectivity index (χ0n) is 8.39. The Kier molecular flexibility index (Phi) is 14.2. The Labute approximate surface area is 70.5 Å². The van der Waals surface area contributed by atoms with Gasteiger partial charge in [0.1, 0.15) is 5.84 Å². The minimum absolute atomic E-state index is 0.924. The molecule has 0 aromatic carbocycles. The average molecular weight is 156 g/mol. The second-order valence-corrected chi connectivity index (χ2v) is 1.71. The molecule has 0 atom stereocenters. The number of aliphatic imine (C=N–C) groups is 2. The Morgan fingerprint density at radius 1 is 1.27 bits per heavy atom. The molecule has 0 bridgehead atoms. The van der Waals surface area contributed by atoms with Gasteiger partial charge in [-0.25, -0.2) is 4.99 Å². The largest absolute Gasteiger partial charge is 0.274 e. The Morgan fingerprint density at radius 3 is 2.09 bits per heavy atom. The Bertz CT molecular complexity index is 115. The Hall–Kier alpha value is -0.660. The Morgan fingerprint density at radius 2 is 1.82 bits per heavy atom. The van der Waals surface area contributed by atoms with Crippen LogP contribution in [0, 0.1) is 0 Å². The minimum atomic E-state index is 0.924. The summed E-state index contributed by atoms with van der Waals surface area (Å²) in [5, 5.41) is 0. The summed E-state index contributed by atoms with van der Waals surface area (Å²) in [4.78, 5) is 8.07. The molecule has 0 aliphatic carbocycles. The SMILES string of the molecule is CC.CCC=NC(CC)=NC. The standard InChI is InChI=1S/C7H14N2.C2H6/c1-4-6-9-7(5-2)8-3;1-2/h6H,4-5H2,1-3H3;1-2H3. The molecule has 0 aliphatic rings. The highest BCUT2D eigenvalue weighted by Gasteiger charge is 1.84. The van der Waals surface area contributed by atoms with Crippen molar-refractivity contribution in [1.29, 1.82) is 0 Å². The lowest BCUT2D eigenvalue weighted by atomic mass is 10.4. The van der Waals surface area contributed by atoms with Crippen molar-refractivity contribution in [2.24, 2.45) is 9.98 Å². The van der Waals surface area contributed by atoms with Crippen molar-refractivity contribution in [3.8, 4) is 0 Å². The average Bonchev–Trinajstić information content (AvgIpc) is 2.10. The molecule has 0 saturated heterocycles. The van der Waals surface area contributed by atoms with Crippen molar-refractivity contribution < 1.29 is 0 Å². The summed E-state index contributed by atoms with van der Waals surface area (Å²) < 4.78 is 0. The number of amidine groups is 1. The molecule has 0 radical (unpaired) electrons. The topological polar surface area (TPSA) is 24.7 Å². The molecule has 0 N–H and O–H groups in total. The number of nitrogens with zero attached hydrogens (tertiary/aromatic N) is 2. The van der Waals surface area contributed by atoms with E-state index in [0.29, 0.717) is 0 Å². The summed E-state index contributed by atoms with van der Waals surface area (Å²) in [6, 6.07) is 0. The lowest BCUT2D eigenvalue weighted by molar-refractivity contribution is 1.21. The van der Waals surface area contributed by atoms with Gasteiger partial charge in [-0.1, -0.05) is 27.7 Å². The van der Waals surface area contributed by atoms with E-state index < -0.39 is 0 Å². The second-order valence-electron chi connectivity index (χ2n) is 1.71. The van der Waals surface area contributed by atoms with Crippen LogP contribution >= 0.6 is 0 Å². The van der Waals surface area contributed by atoms with Gasteiger partial charge >= 0.3 is 0 Å². The summed E-state index contributed by atoms with van der Waals surface area (Å²) in [6.07, 6.45) is 3.79. The molecule has 2 heteroatoms. The van der Waals surface area contributed by atoms with Crippen molar-refractivity contribution in [3.05, 3.63) is 0 Å². The third-order valence-corrected chi connectivity index (χ3v) is 0.997. The maximum Gasteiger partial charge on any atom is 0.122 e. The van der Waals surface area contributed by atoms with Crippen LogP contribution < -0.4 is 0 Å². The second kappa shape index (κ2) is 12.1. The molecular weight excluding hydrogens is 136 g/mol. The van der Waals surface area contributed by atoms with Crippen molar-refractivity contribution >= 4 is 12.1 Å². The third-order valence-electron chi connectivity index (χ3n) is 0.997. The first-order chi connectivity index (χ1) is 5.35. The molecule has 0 rings (SSSR count). The van der Waals surface area contributed by atoms with E-state index in [1.165, 1.54) is 0 Å². The van der Waals surface area contributed by atoms with Crippen LogP contribution in [0.4, 0.5) is 0 Å². The molecule has 2 nitrogen and oxygen atoms in total. The van der Waals surface area contributed by atoms with Crippen LogP contribution in [0.2, 0.25) is 0 Å². The number of hydrogen-bond donors (Lipinski definition) is 0. The van der Waals surface area contributed by atoms with Gasteiger partial charge in [-0.3, -0.25) is 4.99 Å². The molecule has 0 aromatic rings. The van der Waals surface area contributed by atoms with Crippen molar-refractivity contribution in [3.63, 3.8) is 0 Å². The summed E-state index contributed by atoms with van der Waals surface area (Å²) in [6.45, 7) is 8.11. The van der Waals surface area contributed by atoms with Crippen molar-refractivity contribution in [2.75, 3.05) is 7.05 Å². The summed E-state index contributed by atoms with van der Waals surface area (Å²) in [5.41, 5.74) is 0. The highest BCUT2D eigenvalue weighted by Crippen LogP contribution is 1.85. The number of hydrogen-bond acceptors (Lipinski definition) is 1. The van der Waals surface area contributed by atoms with Crippen LogP contribution in [0.25, 0.3) is 0 Å². The van der Waals surface area contributed by atoms with E-state index >= 15 is 0 Å². The Balaban J connectivity index is 0. The third kappa shape index (κ3) is 9.34. The molecular formula is C9H20N2. The van der Waals surface area contributed by atoms with E-state index in [-0.39, 0.29) is 0 Å². The van der Waals surface area contributed by atoms with Crippen LogP contribution in [0.3, 0.4) is 0 Å². The van der Waals surface area contributed by atoms with Gasteiger partial charge in [0, 0.05) is 19.7 Å². The van der Waals surface area contributed by atoms with Crippen LogP contribution in [0.5, 0.6) is 0 Å². The fraction of sp³-hybridized carbons (Fsp3) is 0.778. The smallest absolute Gasteiger partial charge is 0.122 e. The van der Waals surface area contributed by atoms with E-state index in [4.69, 9.17) is 0 Å². The van der Waals surface area contributed by atoms with Gasteiger partial charge in [-0.05, 0) is 6.42 Å². The molecule has 0 spiro atoms. The van der Waals surface area contributed by atoms with Gasteiger partial charge in [0.15, 0.2) is 0 Å². The van der Waals surface area contributed by atoms with E-state index in [1.807, 2.05) is 20.1 Å². The fourth-order valence-electron chi connectivity index (χ4n) is 0.504.